The van der Waals surface area contributed by atoms with Crippen LogP contribution in [0.3, 0.4) is 0 Å². The summed E-state index contributed by atoms with van der Waals surface area (Å²) >= 11 is 0. The summed E-state index contributed by atoms with van der Waals surface area (Å²) in [4.78, 5) is 29.1. The topological polar surface area (TPSA) is 71.6 Å². The Morgan fingerprint density at radius 3 is 2.46 bits per heavy atom. The highest BCUT2D eigenvalue weighted by atomic mass is 16.5. The maximum Gasteiger partial charge on any atom is 0.261 e. The zero-order chi connectivity index (χ0) is 17.3. The van der Waals surface area contributed by atoms with E-state index < -0.39 is 0 Å². The Hall–Kier alpha value is -2.76. The third-order valence-corrected chi connectivity index (χ3v) is 4.39. The first-order valence-corrected chi connectivity index (χ1v) is 7.76. The molecule has 0 fully saturated rings. The van der Waals surface area contributed by atoms with Gasteiger partial charge in [0.1, 0.15) is 5.56 Å². The second-order valence-electron chi connectivity index (χ2n) is 5.82. The van der Waals surface area contributed by atoms with E-state index >= 15 is 0 Å². The number of hydrogen-bond acceptors (Lipinski definition) is 4. The smallest absolute Gasteiger partial charge is 0.261 e. The lowest BCUT2D eigenvalue weighted by molar-refractivity contribution is 0.0732. The van der Waals surface area contributed by atoms with Gasteiger partial charge in [0, 0.05) is 19.3 Å². The molecule has 1 aromatic heterocycles. The number of benzene rings is 1. The summed E-state index contributed by atoms with van der Waals surface area (Å²) in [7, 11) is 3.19. The van der Waals surface area contributed by atoms with Crippen molar-refractivity contribution in [1.82, 2.24) is 9.88 Å². The third-order valence-electron chi connectivity index (χ3n) is 4.39. The van der Waals surface area contributed by atoms with Gasteiger partial charge in [0.15, 0.2) is 11.5 Å². The number of rotatable bonds is 3. The lowest BCUT2D eigenvalue weighted by Gasteiger charge is -2.29. The molecule has 6 nitrogen and oxygen atoms in total. The Labute approximate surface area is 140 Å². The van der Waals surface area contributed by atoms with Gasteiger partial charge >= 0.3 is 0 Å². The van der Waals surface area contributed by atoms with Crippen LogP contribution in [0.1, 0.15) is 27.0 Å². The molecule has 0 saturated carbocycles. The molecule has 0 aliphatic carbocycles. The minimum Gasteiger partial charge on any atom is -0.493 e. The Kier molecular flexibility index (Phi) is 4.29. The van der Waals surface area contributed by atoms with Gasteiger partial charge in [0.05, 0.1) is 14.2 Å². The zero-order valence-electron chi connectivity index (χ0n) is 14.0. The number of nitrogens with one attached hydrogen (secondary N) is 1. The number of aromatic nitrogens is 1. The molecule has 0 spiro atoms. The summed E-state index contributed by atoms with van der Waals surface area (Å²) in [5, 5.41) is 0. The number of fused-ring (bicyclic) bond motifs is 1. The average molecular weight is 328 g/mol. The lowest BCUT2D eigenvalue weighted by Crippen LogP contribution is -2.39. The Balaban J connectivity index is 1.92. The van der Waals surface area contributed by atoms with Gasteiger partial charge in [-0.3, -0.25) is 9.59 Å². The van der Waals surface area contributed by atoms with E-state index in [1.807, 2.05) is 12.1 Å². The van der Waals surface area contributed by atoms with E-state index in [1.54, 1.807) is 38.3 Å². The molecule has 0 saturated heterocycles. The fourth-order valence-electron chi connectivity index (χ4n) is 3.06. The zero-order valence-corrected chi connectivity index (χ0v) is 14.0. The molecule has 1 aliphatic heterocycles. The number of carbonyl (C=O) groups is 1. The second-order valence-corrected chi connectivity index (χ2v) is 5.82. The molecule has 24 heavy (non-hydrogen) atoms. The number of ether oxygens (including phenoxy) is 2. The second kappa shape index (κ2) is 6.39. The van der Waals surface area contributed by atoms with Gasteiger partial charge in [-0.2, -0.15) is 0 Å². The van der Waals surface area contributed by atoms with Gasteiger partial charge in [-0.05, 0) is 48.2 Å². The maximum absolute atomic E-state index is 12.8. The maximum atomic E-state index is 12.8. The van der Waals surface area contributed by atoms with Gasteiger partial charge in [-0.15, -0.1) is 0 Å². The Morgan fingerprint density at radius 2 is 1.83 bits per heavy atom. The summed E-state index contributed by atoms with van der Waals surface area (Å²) in [5.74, 6) is 1.08. The number of methoxy groups -OCH3 is 2. The van der Waals surface area contributed by atoms with Crippen LogP contribution in [0.5, 0.6) is 11.5 Å². The number of carbonyl (C=O) groups excluding carboxylic acids is 1. The third kappa shape index (κ3) is 2.75. The van der Waals surface area contributed by atoms with E-state index in [2.05, 4.69) is 4.98 Å². The average Bonchev–Trinajstić information content (AvgIpc) is 2.59. The molecule has 3 rings (SSSR count). The van der Waals surface area contributed by atoms with Crippen molar-refractivity contribution in [3.05, 3.63) is 57.0 Å². The monoisotopic (exact) mass is 328 g/mol. The molecule has 1 N–H and O–H groups in total. The number of amides is 1. The minimum atomic E-state index is -0.349. The van der Waals surface area contributed by atoms with Crippen LogP contribution in [-0.2, 0) is 13.0 Å². The number of pyridine rings is 1. The van der Waals surface area contributed by atoms with Crippen LogP contribution in [0, 0.1) is 6.92 Å². The van der Waals surface area contributed by atoms with E-state index in [0.29, 0.717) is 36.6 Å². The van der Waals surface area contributed by atoms with Crippen LogP contribution in [0.2, 0.25) is 0 Å². The molecule has 1 aromatic carbocycles. The highest BCUT2D eigenvalue weighted by Crippen LogP contribution is 2.33. The van der Waals surface area contributed by atoms with Gasteiger partial charge in [0.25, 0.3) is 11.5 Å². The van der Waals surface area contributed by atoms with E-state index in [1.165, 1.54) is 0 Å². The molecule has 6 heteroatoms. The standard InChI is InChI=1S/C18H20N2O4/c1-11-4-6-19-17(21)16(11)18(22)20-7-5-12-8-14(23-2)15(24-3)9-13(12)10-20/h4,6,8-9H,5,7,10H2,1-3H3,(H,19,21). The van der Waals surface area contributed by atoms with Crippen molar-refractivity contribution in [1.29, 1.82) is 0 Å². The number of aromatic amines is 1. The van der Waals surface area contributed by atoms with Crippen LogP contribution in [0.25, 0.3) is 0 Å². The molecule has 0 unspecified atom stereocenters. The molecule has 0 atom stereocenters. The van der Waals surface area contributed by atoms with Crippen LogP contribution < -0.4 is 15.0 Å². The Morgan fingerprint density at radius 1 is 1.17 bits per heavy atom. The van der Waals surface area contributed by atoms with E-state index in [9.17, 15) is 9.59 Å². The number of aryl methyl sites for hydroxylation is 1. The summed E-state index contributed by atoms with van der Waals surface area (Å²) in [6, 6.07) is 5.59. The summed E-state index contributed by atoms with van der Waals surface area (Å²) in [5.41, 5.74) is 2.69. The first-order chi connectivity index (χ1) is 11.5. The highest BCUT2D eigenvalue weighted by Gasteiger charge is 2.26. The number of hydrogen-bond donors (Lipinski definition) is 1. The first-order valence-electron chi connectivity index (χ1n) is 7.76. The molecule has 0 bridgehead atoms. The summed E-state index contributed by atoms with van der Waals surface area (Å²) in [6.07, 6.45) is 2.27. The Bertz CT molecular complexity index is 841. The SMILES string of the molecule is COc1cc2c(cc1OC)CN(C(=O)c1c(C)cc[nH]c1=O)CC2. The largest absolute Gasteiger partial charge is 0.493 e. The van der Waals surface area contributed by atoms with Crippen molar-refractivity contribution in [3.8, 4) is 11.5 Å². The van der Waals surface area contributed by atoms with Gasteiger partial charge < -0.3 is 19.4 Å². The fraction of sp³-hybridized carbons (Fsp3) is 0.333. The van der Waals surface area contributed by atoms with Crippen LogP contribution in [-0.4, -0.2) is 36.6 Å². The molecule has 2 aromatic rings. The van der Waals surface area contributed by atoms with Crippen molar-refractivity contribution in [3.63, 3.8) is 0 Å². The van der Waals surface area contributed by atoms with E-state index in [0.717, 1.165) is 11.1 Å². The molecule has 0 radical (unpaired) electrons. The number of H-pyrrole nitrogens is 1. The first kappa shape index (κ1) is 16.1. The van der Waals surface area contributed by atoms with E-state index in [-0.39, 0.29) is 17.0 Å². The van der Waals surface area contributed by atoms with Crippen LogP contribution in [0.15, 0.2) is 29.2 Å². The van der Waals surface area contributed by atoms with Crippen molar-refractivity contribution in [2.75, 3.05) is 20.8 Å². The molecule has 1 aliphatic rings. The normalized spacial score (nSPS) is 13.4. The molecule has 2 heterocycles. The van der Waals surface area contributed by atoms with Gasteiger partial charge in [0.2, 0.25) is 0 Å². The number of nitrogens with zero attached hydrogens (tertiary/aromatic N) is 1. The van der Waals surface area contributed by atoms with Crippen molar-refractivity contribution >= 4 is 5.91 Å². The van der Waals surface area contributed by atoms with E-state index in [4.69, 9.17) is 9.47 Å². The van der Waals surface area contributed by atoms with Crippen molar-refractivity contribution in [2.45, 2.75) is 19.9 Å². The molecular weight excluding hydrogens is 308 g/mol. The van der Waals surface area contributed by atoms with Gasteiger partial charge in [-0.25, -0.2) is 0 Å². The lowest BCUT2D eigenvalue weighted by atomic mass is 9.98. The minimum absolute atomic E-state index is 0.210. The predicted molar refractivity (Wildman–Crippen MR) is 89.8 cm³/mol. The molecule has 126 valence electrons. The predicted octanol–water partition coefficient (Wildman–Crippen LogP) is 1.90. The molecular formula is C18H20N2O4. The van der Waals surface area contributed by atoms with Crippen molar-refractivity contribution in [2.24, 2.45) is 0 Å². The summed E-state index contributed by atoms with van der Waals surface area (Å²) in [6.45, 7) is 2.78. The van der Waals surface area contributed by atoms with Gasteiger partial charge in [-0.1, -0.05) is 0 Å². The van der Waals surface area contributed by atoms with Crippen LogP contribution in [0.4, 0.5) is 0 Å². The quantitative estimate of drug-likeness (QED) is 0.934. The molecule has 1 amide bonds. The highest BCUT2D eigenvalue weighted by molar-refractivity contribution is 5.95. The fourth-order valence-corrected chi connectivity index (χ4v) is 3.06. The van der Waals surface area contributed by atoms with Crippen molar-refractivity contribution < 1.29 is 14.3 Å². The summed E-state index contributed by atoms with van der Waals surface area (Å²) < 4.78 is 10.7. The van der Waals surface area contributed by atoms with Crippen LogP contribution >= 0.6 is 0 Å².